The van der Waals surface area contributed by atoms with E-state index >= 15 is 0 Å². The van der Waals surface area contributed by atoms with E-state index in [-0.39, 0.29) is 42.6 Å². The Morgan fingerprint density at radius 2 is 1.69 bits per heavy atom. The molecule has 1 aliphatic heterocycles. The van der Waals surface area contributed by atoms with Crippen LogP contribution in [0.3, 0.4) is 0 Å². The Bertz CT molecular complexity index is 1280. The van der Waals surface area contributed by atoms with Gasteiger partial charge in [-0.25, -0.2) is 0 Å². The fourth-order valence-corrected chi connectivity index (χ4v) is 4.67. The van der Waals surface area contributed by atoms with Crippen LogP contribution in [0.25, 0.3) is 0 Å². The number of carbonyl (C=O) groups excluding carboxylic acids is 2. The van der Waals surface area contributed by atoms with Gasteiger partial charge in [0.15, 0.2) is 5.76 Å². The quantitative estimate of drug-likeness (QED) is 0.270. The van der Waals surface area contributed by atoms with Crippen LogP contribution in [0.1, 0.15) is 47.2 Å². The van der Waals surface area contributed by atoms with Gasteiger partial charge in [0.2, 0.25) is 6.29 Å². The highest BCUT2D eigenvalue weighted by Gasteiger charge is 2.37. The molecule has 204 valence electrons. The second kappa shape index (κ2) is 13.6. The minimum atomic E-state index is -0.603. The molecule has 3 aromatic carbocycles. The van der Waals surface area contributed by atoms with Gasteiger partial charge in [-0.1, -0.05) is 54.6 Å². The fraction of sp³-hybridized carbons (Fsp3) is 0.290. The molecule has 1 heterocycles. The molecule has 2 amide bonds. The summed E-state index contributed by atoms with van der Waals surface area (Å²) in [6, 6.07) is 24.0. The zero-order valence-corrected chi connectivity index (χ0v) is 22.0. The lowest BCUT2D eigenvalue weighted by Gasteiger charge is -2.37. The van der Waals surface area contributed by atoms with Gasteiger partial charge in [-0.15, -0.1) is 0 Å². The van der Waals surface area contributed by atoms with Crippen molar-refractivity contribution in [3.63, 3.8) is 0 Å². The van der Waals surface area contributed by atoms with E-state index in [1.807, 2.05) is 43.3 Å². The standard InChI is InChI=1S/C31H35N3O5/c1-2-38-31-24(11-8-18-35)25(22-9-4-3-5-10-22)19-28(39-31)30(37)33-20-21-14-16-23(17-15-21)29(36)34-27-13-7-6-12-26(27)32/h3-7,9-10,12-17,19,24-25,31,35H,2,8,11,18,20,32H2,1H3,(H,33,37)(H,34,36)/t24-,25+,31+/m1/s1. The first kappa shape index (κ1) is 27.9. The first-order valence-electron chi connectivity index (χ1n) is 13.2. The number of benzene rings is 3. The van der Waals surface area contributed by atoms with E-state index in [1.54, 1.807) is 48.5 Å². The lowest BCUT2D eigenvalue weighted by atomic mass is 9.80. The van der Waals surface area contributed by atoms with Crippen LogP contribution >= 0.6 is 0 Å². The number of nitrogen functional groups attached to an aromatic ring is 1. The Balaban J connectivity index is 1.43. The lowest BCUT2D eigenvalue weighted by Crippen LogP contribution is -2.39. The van der Waals surface area contributed by atoms with E-state index in [2.05, 4.69) is 10.6 Å². The lowest BCUT2D eigenvalue weighted by molar-refractivity contribution is -0.166. The van der Waals surface area contributed by atoms with Crippen LogP contribution in [0.15, 0.2) is 90.7 Å². The molecular weight excluding hydrogens is 494 g/mol. The smallest absolute Gasteiger partial charge is 0.286 e. The molecule has 0 aromatic heterocycles. The van der Waals surface area contributed by atoms with Gasteiger partial charge in [0.05, 0.1) is 11.4 Å². The summed E-state index contributed by atoms with van der Waals surface area (Å²) in [5.41, 5.74) is 9.32. The molecule has 0 saturated carbocycles. The number of rotatable bonds is 11. The number of hydrogen-bond donors (Lipinski definition) is 4. The minimum absolute atomic E-state index is 0.0408. The summed E-state index contributed by atoms with van der Waals surface area (Å²) >= 11 is 0. The van der Waals surface area contributed by atoms with E-state index in [0.717, 1.165) is 11.1 Å². The Morgan fingerprint density at radius 1 is 0.974 bits per heavy atom. The molecule has 8 heteroatoms. The number of para-hydroxylation sites is 2. The van der Waals surface area contributed by atoms with Crippen molar-refractivity contribution in [1.29, 1.82) is 0 Å². The van der Waals surface area contributed by atoms with E-state index in [9.17, 15) is 14.7 Å². The highest BCUT2D eigenvalue weighted by atomic mass is 16.7. The predicted molar refractivity (Wildman–Crippen MR) is 151 cm³/mol. The zero-order chi connectivity index (χ0) is 27.6. The average molecular weight is 530 g/mol. The van der Waals surface area contributed by atoms with Gasteiger partial charge >= 0.3 is 0 Å². The summed E-state index contributed by atoms with van der Waals surface area (Å²) in [7, 11) is 0. The van der Waals surface area contributed by atoms with E-state index in [0.29, 0.717) is 36.4 Å². The number of allylic oxidation sites excluding steroid dienone is 1. The maximum Gasteiger partial charge on any atom is 0.286 e. The number of aliphatic hydroxyl groups excluding tert-OH is 1. The largest absolute Gasteiger partial charge is 0.459 e. The third-order valence-corrected chi connectivity index (χ3v) is 6.70. The van der Waals surface area contributed by atoms with Crippen molar-refractivity contribution in [2.45, 2.75) is 38.5 Å². The van der Waals surface area contributed by atoms with Crippen molar-refractivity contribution < 1.29 is 24.2 Å². The molecular formula is C31H35N3O5. The van der Waals surface area contributed by atoms with Crippen molar-refractivity contribution in [3.8, 4) is 0 Å². The summed E-state index contributed by atoms with van der Waals surface area (Å²) in [4.78, 5) is 25.7. The van der Waals surface area contributed by atoms with Crippen molar-refractivity contribution in [2.24, 2.45) is 5.92 Å². The summed E-state index contributed by atoms with van der Waals surface area (Å²) in [6.07, 6.45) is 2.56. The first-order chi connectivity index (χ1) is 19.0. The molecule has 0 saturated heterocycles. The number of amides is 2. The van der Waals surface area contributed by atoms with Crippen LogP contribution in [-0.4, -0.2) is 36.4 Å². The third-order valence-electron chi connectivity index (χ3n) is 6.70. The van der Waals surface area contributed by atoms with Crippen LogP contribution in [0.5, 0.6) is 0 Å². The highest BCUT2D eigenvalue weighted by Crippen LogP contribution is 2.39. The normalized spacial score (nSPS) is 18.5. The van der Waals surface area contributed by atoms with Crippen LogP contribution in [0.2, 0.25) is 0 Å². The van der Waals surface area contributed by atoms with Gasteiger partial charge in [0, 0.05) is 37.2 Å². The number of hydrogen-bond acceptors (Lipinski definition) is 6. The molecule has 0 fully saturated rings. The molecule has 5 N–H and O–H groups in total. The molecule has 39 heavy (non-hydrogen) atoms. The van der Waals surface area contributed by atoms with E-state index in [4.69, 9.17) is 15.2 Å². The average Bonchev–Trinajstić information content (AvgIpc) is 2.97. The van der Waals surface area contributed by atoms with E-state index in [1.165, 1.54) is 0 Å². The summed E-state index contributed by atoms with van der Waals surface area (Å²) in [5.74, 6) is -0.545. The van der Waals surface area contributed by atoms with Crippen LogP contribution in [0.4, 0.5) is 11.4 Å². The molecule has 8 nitrogen and oxygen atoms in total. The molecule has 1 aliphatic rings. The van der Waals surface area contributed by atoms with Gasteiger partial charge in [-0.3, -0.25) is 9.59 Å². The van der Waals surface area contributed by atoms with Gasteiger partial charge in [-0.05, 0) is 61.2 Å². The Hall–Kier alpha value is -4.14. The molecule has 0 radical (unpaired) electrons. The minimum Gasteiger partial charge on any atom is -0.459 e. The Kier molecular flexibility index (Phi) is 9.72. The predicted octanol–water partition coefficient (Wildman–Crippen LogP) is 4.59. The monoisotopic (exact) mass is 529 g/mol. The number of ether oxygens (including phenoxy) is 2. The molecule has 0 spiro atoms. The second-order valence-corrected chi connectivity index (χ2v) is 9.36. The zero-order valence-electron chi connectivity index (χ0n) is 22.0. The van der Waals surface area contributed by atoms with Gasteiger partial charge in [0.25, 0.3) is 11.8 Å². The van der Waals surface area contributed by atoms with Gasteiger partial charge < -0.3 is 30.9 Å². The van der Waals surface area contributed by atoms with Crippen LogP contribution < -0.4 is 16.4 Å². The number of aliphatic hydroxyl groups is 1. The van der Waals surface area contributed by atoms with Crippen LogP contribution in [0, 0.1) is 5.92 Å². The topological polar surface area (TPSA) is 123 Å². The maximum absolute atomic E-state index is 13.2. The molecule has 3 aromatic rings. The Labute approximate surface area is 228 Å². The van der Waals surface area contributed by atoms with Crippen molar-refractivity contribution in [3.05, 3.63) is 107 Å². The number of anilines is 2. The van der Waals surface area contributed by atoms with Gasteiger partial charge in [0.1, 0.15) is 0 Å². The maximum atomic E-state index is 13.2. The highest BCUT2D eigenvalue weighted by molar-refractivity contribution is 6.05. The van der Waals surface area contributed by atoms with Crippen LogP contribution in [-0.2, 0) is 20.8 Å². The van der Waals surface area contributed by atoms with Crippen molar-refractivity contribution >= 4 is 23.2 Å². The number of carbonyl (C=O) groups is 2. The summed E-state index contributed by atoms with van der Waals surface area (Å²) in [5, 5.41) is 15.1. The molecule has 0 bridgehead atoms. The molecule has 0 aliphatic carbocycles. The fourth-order valence-electron chi connectivity index (χ4n) is 4.67. The molecule has 3 atom stereocenters. The van der Waals surface area contributed by atoms with E-state index < -0.39 is 6.29 Å². The van der Waals surface area contributed by atoms with Gasteiger partial charge in [-0.2, -0.15) is 0 Å². The SMILES string of the molecule is CCO[C@H]1OC(C(=O)NCc2ccc(C(=O)Nc3ccccc3N)cc2)=C[C@@H](c2ccccc2)[C@H]1CCCO. The number of nitrogens with one attached hydrogen (secondary N) is 2. The Morgan fingerprint density at radius 3 is 2.38 bits per heavy atom. The molecule has 4 rings (SSSR count). The third kappa shape index (κ3) is 7.25. The van der Waals surface area contributed by atoms with Crippen molar-refractivity contribution in [1.82, 2.24) is 5.32 Å². The summed E-state index contributed by atoms with van der Waals surface area (Å²) in [6.45, 7) is 2.67. The number of nitrogens with two attached hydrogens (primary N) is 1. The summed E-state index contributed by atoms with van der Waals surface area (Å²) < 4.78 is 11.9. The first-order valence-corrected chi connectivity index (χ1v) is 13.2. The molecule has 0 unspecified atom stereocenters. The second-order valence-electron chi connectivity index (χ2n) is 9.36. The van der Waals surface area contributed by atoms with Crippen molar-refractivity contribution in [2.75, 3.05) is 24.3 Å².